The molecule has 3 rings (SSSR count). The third-order valence-corrected chi connectivity index (χ3v) is 3.73. The SMILES string of the molecule is O=C(C1CCOC1)N(Cc1ccccn1)c1ccc(F)cc1. The van der Waals surface area contributed by atoms with E-state index in [-0.39, 0.29) is 17.6 Å². The molecule has 5 heteroatoms. The first-order valence-corrected chi connectivity index (χ1v) is 7.28. The van der Waals surface area contributed by atoms with Crippen molar-refractivity contribution in [2.24, 2.45) is 5.92 Å². The summed E-state index contributed by atoms with van der Waals surface area (Å²) in [6.07, 6.45) is 2.42. The largest absolute Gasteiger partial charge is 0.381 e. The number of ether oxygens (including phenoxy) is 1. The Labute approximate surface area is 128 Å². The van der Waals surface area contributed by atoms with Crippen LogP contribution in [0.15, 0.2) is 48.7 Å². The number of nitrogens with zero attached hydrogens (tertiary/aromatic N) is 2. The Bertz CT molecular complexity index is 625. The minimum atomic E-state index is -0.321. The van der Waals surface area contributed by atoms with E-state index in [1.54, 1.807) is 23.2 Å². The molecule has 0 bridgehead atoms. The van der Waals surface area contributed by atoms with Crippen LogP contribution in [-0.2, 0) is 16.1 Å². The molecule has 22 heavy (non-hydrogen) atoms. The minimum absolute atomic E-state index is 0.00485. The number of benzene rings is 1. The van der Waals surface area contributed by atoms with Crippen molar-refractivity contribution in [2.45, 2.75) is 13.0 Å². The fourth-order valence-electron chi connectivity index (χ4n) is 2.52. The molecule has 1 aromatic carbocycles. The third-order valence-electron chi connectivity index (χ3n) is 3.73. The van der Waals surface area contributed by atoms with E-state index in [0.717, 1.165) is 12.1 Å². The summed E-state index contributed by atoms with van der Waals surface area (Å²) >= 11 is 0. The van der Waals surface area contributed by atoms with Crippen LogP contribution in [0.1, 0.15) is 12.1 Å². The molecule has 0 N–H and O–H groups in total. The van der Waals surface area contributed by atoms with E-state index in [1.807, 2.05) is 18.2 Å². The Hall–Kier alpha value is -2.27. The lowest BCUT2D eigenvalue weighted by atomic mass is 10.1. The van der Waals surface area contributed by atoms with Crippen LogP contribution in [0.5, 0.6) is 0 Å². The molecule has 1 fully saturated rings. The second-order valence-corrected chi connectivity index (χ2v) is 5.28. The first-order valence-electron chi connectivity index (χ1n) is 7.28. The van der Waals surface area contributed by atoms with Crippen molar-refractivity contribution in [1.29, 1.82) is 0 Å². The van der Waals surface area contributed by atoms with Crippen molar-refractivity contribution in [3.63, 3.8) is 0 Å². The standard InChI is InChI=1S/C17H17FN2O2/c18-14-4-6-16(7-5-14)20(11-15-3-1-2-9-19-15)17(21)13-8-10-22-12-13/h1-7,9,13H,8,10-12H2. The summed E-state index contributed by atoms with van der Waals surface area (Å²) in [5.41, 5.74) is 1.46. The quantitative estimate of drug-likeness (QED) is 0.872. The maximum absolute atomic E-state index is 13.1. The highest BCUT2D eigenvalue weighted by Gasteiger charge is 2.29. The van der Waals surface area contributed by atoms with Crippen molar-refractivity contribution < 1.29 is 13.9 Å². The Morgan fingerprint density at radius 1 is 1.27 bits per heavy atom. The van der Waals surface area contributed by atoms with E-state index in [4.69, 9.17) is 4.74 Å². The maximum atomic E-state index is 13.1. The van der Waals surface area contributed by atoms with Gasteiger partial charge in [0.05, 0.1) is 24.8 Å². The van der Waals surface area contributed by atoms with E-state index in [0.29, 0.717) is 25.4 Å². The van der Waals surface area contributed by atoms with Gasteiger partial charge in [-0.3, -0.25) is 9.78 Å². The summed E-state index contributed by atoms with van der Waals surface area (Å²) in [6, 6.07) is 11.5. The first-order chi connectivity index (χ1) is 10.7. The van der Waals surface area contributed by atoms with Crippen LogP contribution < -0.4 is 4.90 Å². The molecule has 1 atom stereocenters. The normalized spacial score (nSPS) is 17.4. The van der Waals surface area contributed by atoms with Gasteiger partial charge in [0.1, 0.15) is 5.82 Å². The topological polar surface area (TPSA) is 42.4 Å². The molecule has 2 aromatic rings. The van der Waals surface area contributed by atoms with Crippen LogP contribution in [0, 0.1) is 11.7 Å². The van der Waals surface area contributed by atoms with Crippen LogP contribution in [0.3, 0.4) is 0 Å². The molecule has 0 saturated carbocycles. The zero-order valence-corrected chi connectivity index (χ0v) is 12.1. The highest BCUT2D eigenvalue weighted by molar-refractivity contribution is 5.95. The van der Waals surface area contributed by atoms with E-state index in [9.17, 15) is 9.18 Å². The van der Waals surface area contributed by atoms with Gasteiger partial charge in [0.15, 0.2) is 0 Å². The molecule has 114 valence electrons. The molecular weight excluding hydrogens is 283 g/mol. The fourth-order valence-corrected chi connectivity index (χ4v) is 2.52. The van der Waals surface area contributed by atoms with Crippen LogP contribution in [0.25, 0.3) is 0 Å². The fraction of sp³-hybridized carbons (Fsp3) is 0.294. The van der Waals surface area contributed by atoms with Gasteiger partial charge in [0.2, 0.25) is 5.91 Å². The molecule has 0 aliphatic carbocycles. The van der Waals surface area contributed by atoms with Crippen molar-refractivity contribution in [3.05, 3.63) is 60.2 Å². The van der Waals surface area contributed by atoms with E-state index in [1.165, 1.54) is 12.1 Å². The molecule has 1 aromatic heterocycles. The Morgan fingerprint density at radius 2 is 2.09 bits per heavy atom. The molecule has 1 amide bonds. The van der Waals surface area contributed by atoms with Gasteiger partial charge in [0, 0.05) is 18.5 Å². The van der Waals surface area contributed by atoms with Gasteiger partial charge in [-0.05, 0) is 42.8 Å². The van der Waals surface area contributed by atoms with Gasteiger partial charge in [-0.25, -0.2) is 4.39 Å². The molecule has 0 spiro atoms. The van der Waals surface area contributed by atoms with Gasteiger partial charge in [-0.15, -0.1) is 0 Å². The van der Waals surface area contributed by atoms with Gasteiger partial charge < -0.3 is 9.64 Å². The third kappa shape index (κ3) is 3.31. The maximum Gasteiger partial charge on any atom is 0.232 e. The number of halogens is 1. The number of pyridine rings is 1. The average molecular weight is 300 g/mol. The highest BCUT2D eigenvalue weighted by Crippen LogP contribution is 2.23. The van der Waals surface area contributed by atoms with Crippen molar-refractivity contribution in [1.82, 2.24) is 4.98 Å². The molecule has 1 saturated heterocycles. The Kier molecular flexibility index (Phi) is 4.44. The van der Waals surface area contributed by atoms with E-state index < -0.39 is 0 Å². The van der Waals surface area contributed by atoms with Crippen LogP contribution >= 0.6 is 0 Å². The summed E-state index contributed by atoms with van der Waals surface area (Å²) in [6.45, 7) is 1.41. The Morgan fingerprint density at radius 3 is 2.73 bits per heavy atom. The number of anilines is 1. The molecule has 2 heterocycles. The molecule has 1 aliphatic rings. The predicted molar refractivity (Wildman–Crippen MR) is 80.8 cm³/mol. The molecule has 1 unspecified atom stereocenters. The van der Waals surface area contributed by atoms with Crippen LogP contribution in [0.4, 0.5) is 10.1 Å². The second kappa shape index (κ2) is 6.66. The van der Waals surface area contributed by atoms with Gasteiger partial charge in [-0.2, -0.15) is 0 Å². The predicted octanol–water partition coefficient (Wildman–Crippen LogP) is 2.79. The van der Waals surface area contributed by atoms with E-state index in [2.05, 4.69) is 4.98 Å². The molecule has 0 radical (unpaired) electrons. The van der Waals surface area contributed by atoms with E-state index >= 15 is 0 Å². The zero-order valence-electron chi connectivity index (χ0n) is 12.1. The molecule has 1 aliphatic heterocycles. The summed E-state index contributed by atoms with van der Waals surface area (Å²) in [7, 11) is 0. The van der Waals surface area contributed by atoms with Crippen molar-refractivity contribution in [3.8, 4) is 0 Å². The summed E-state index contributed by atoms with van der Waals surface area (Å²) in [4.78, 5) is 18.7. The number of rotatable bonds is 4. The van der Waals surface area contributed by atoms with Crippen molar-refractivity contribution >= 4 is 11.6 Å². The second-order valence-electron chi connectivity index (χ2n) is 5.28. The summed E-state index contributed by atoms with van der Waals surface area (Å²) in [5, 5.41) is 0. The smallest absolute Gasteiger partial charge is 0.232 e. The molecule has 4 nitrogen and oxygen atoms in total. The minimum Gasteiger partial charge on any atom is -0.381 e. The lowest BCUT2D eigenvalue weighted by Gasteiger charge is -2.25. The number of amides is 1. The number of carbonyl (C=O) groups excluding carboxylic acids is 1. The van der Waals surface area contributed by atoms with Crippen molar-refractivity contribution in [2.75, 3.05) is 18.1 Å². The monoisotopic (exact) mass is 300 g/mol. The lowest BCUT2D eigenvalue weighted by molar-refractivity contribution is -0.122. The lowest BCUT2D eigenvalue weighted by Crippen LogP contribution is -2.36. The highest BCUT2D eigenvalue weighted by atomic mass is 19.1. The number of aromatic nitrogens is 1. The summed E-state index contributed by atoms with van der Waals surface area (Å²) in [5.74, 6) is -0.471. The average Bonchev–Trinajstić information content (AvgIpc) is 3.08. The van der Waals surface area contributed by atoms with Gasteiger partial charge in [0.25, 0.3) is 0 Å². The van der Waals surface area contributed by atoms with Crippen LogP contribution in [0.2, 0.25) is 0 Å². The first kappa shape index (κ1) is 14.7. The Balaban J connectivity index is 1.87. The summed E-state index contributed by atoms with van der Waals surface area (Å²) < 4.78 is 18.5. The molecular formula is C17H17FN2O2. The van der Waals surface area contributed by atoms with Crippen LogP contribution in [-0.4, -0.2) is 24.1 Å². The number of carbonyl (C=O) groups is 1. The zero-order chi connectivity index (χ0) is 15.4. The van der Waals surface area contributed by atoms with Gasteiger partial charge >= 0.3 is 0 Å². The van der Waals surface area contributed by atoms with Gasteiger partial charge in [-0.1, -0.05) is 6.07 Å². The number of hydrogen-bond acceptors (Lipinski definition) is 3. The number of hydrogen-bond donors (Lipinski definition) is 0.